The van der Waals surface area contributed by atoms with Crippen LogP contribution in [0.4, 0.5) is 0 Å². The number of rotatable bonds is 19. The third kappa shape index (κ3) is 10.3. The van der Waals surface area contributed by atoms with Crippen LogP contribution in [0.5, 0.6) is 23.0 Å². The average Bonchev–Trinajstić information content (AvgIpc) is 3.18. The van der Waals surface area contributed by atoms with Gasteiger partial charge in [-0.2, -0.15) is 0 Å². The molecule has 10 heteroatoms. The molecule has 0 unspecified atom stereocenters. The Kier molecular flexibility index (Phi) is 14.3. The lowest BCUT2D eigenvalue weighted by Gasteiger charge is -2.48. The van der Waals surface area contributed by atoms with Crippen LogP contribution in [-0.4, -0.2) is 76.8 Å². The minimum atomic E-state index is -1.15. The summed E-state index contributed by atoms with van der Waals surface area (Å²) >= 11 is 0. The van der Waals surface area contributed by atoms with E-state index in [0.29, 0.717) is 0 Å². The second-order valence-corrected chi connectivity index (χ2v) is 12.1. The molecule has 0 radical (unpaired) electrons. The van der Waals surface area contributed by atoms with E-state index < -0.39 is 36.6 Å². The van der Waals surface area contributed by atoms with Crippen molar-refractivity contribution in [3.05, 3.63) is 132 Å². The smallest absolute Gasteiger partial charge is 0.118 e. The monoisotopic (exact) mass is 700 g/mol. The summed E-state index contributed by atoms with van der Waals surface area (Å²) in [7, 11) is 6.50. The molecule has 0 saturated heterocycles. The predicted octanol–water partition coefficient (Wildman–Crippen LogP) is 6.31. The van der Waals surface area contributed by atoms with E-state index in [-0.39, 0.29) is 33.0 Å². The van der Waals surface area contributed by atoms with Crippen molar-refractivity contribution in [1.29, 1.82) is 0 Å². The normalized spacial score (nSPS) is 21.5. The lowest BCUT2D eigenvalue weighted by Crippen LogP contribution is -2.66. The molecule has 0 heterocycles. The lowest BCUT2D eigenvalue weighted by molar-refractivity contribution is -0.280. The van der Waals surface area contributed by atoms with Gasteiger partial charge in [-0.3, -0.25) is 0 Å². The van der Waals surface area contributed by atoms with Gasteiger partial charge in [0, 0.05) is 0 Å². The number of benzene rings is 4. The molecular weight excluding hydrogens is 652 g/mol. The molecule has 6 atom stereocenters. The molecule has 4 aromatic rings. The van der Waals surface area contributed by atoms with E-state index in [1.807, 2.05) is 97.1 Å². The SMILES string of the molecule is C=CCO[C@H]1[C@H](O)[C@@H](OCc2ccc(OC)cc2)[C@H](OCc2ccc(OC)cc2)[C@@H](OCc2ccc(OC)cc2)[C@H]1OCc1ccc(OC)cc1. The first-order chi connectivity index (χ1) is 25.0. The van der Waals surface area contributed by atoms with Crippen molar-refractivity contribution < 1.29 is 47.7 Å². The standard InChI is InChI=1S/C41H48O10/c1-6-23-47-37-36(42)38(48-24-28-7-15-32(43-2)16-8-28)40(50-26-30-11-19-34(45-4)20-12-30)41(51-27-31-13-21-35(46-5)22-14-31)39(37)49-25-29-9-17-33(44-3)18-10-29/h6-22,36-42H,1,23-27H2,2-5H3/t36-,37-,38+,39-,40-,41-/m0/s1. The van der Waals surface area contributed by atoms with Crippen molar-refractivity contribution in [3.63, 3.8) is 0 Å². The number of hydrogen-bond donors (Lipinski definition) is 1. The first-order valence-electron chi connectivity index (χ1n) is 16.8. The maximum Gasteiger partial charge on any atom is 0.118 e. The number of aliphatic hydroxyl groups is 1. The summed E-state index contributed by atoms with van der Waals surface area (Å²) in [5.41, 5.74) is 3.64. The van der Waals surface area contributed by atoms with Crippen LogP contribution >= 0.6 is 0 Å². The first kappa shape index (κ1) is 37.8. The third-order valence-electron chi connectivity index (χ3n) is 8.78. The fourth-order valence-corrected chi connectivity index (χ4v) is 5.93. The van der Waals surface area contributed by atoms with Crippen LogP contribution in [0, 0.1) is 0 Å². The van der Waals surface area contributed by atoms with Gasteiger partial charge in [-0.25, -0.2) is 0 Å². The number of aliphatic hydroxyl groups excluding tert-OH is 1. The van der Waals surface area contributed by atoms with Crippen LogP contribution in [0.2, 0.25) is 0 Å². The van der Waals surface area contributed by atoms with E-state index in [1.54, 1.807) is 34.5 Å². The molecule has 51 heavy (non-hydrogen) atoms. The van der Waals surface area contributed by atoms with Crippen LogP contribution in [0.1, 0.15) is 22.3 Å². The minimum absolute atomic E-state index is 0.178. The van der Waals surface area contributed by atoms with E-state index >= 15 is 0 Å². The Bertz CT molecular complexity index is 1590. The van der Waals surface area contributed by atoms with Gasteiger partial charge >= 0.3 is 0 Å². The molecule has 1 aliphatic carbocycles. The highest BCUT2D eigenvalue weighted by atomic mass is 16.6. The quantitative estimate of drug-likeness (QED) is 0.112. The summed E-state index contributed by atoms with van der Waals surface area (Å²) in [4.78, 5) is 0. The van der Waals surface area contributed by atoms with Gasteiger partial charge < -0.3 is 47.7 Å². The summed E-state index contributed by atoms with van der Waals surface area (Å²) in [6, 6.07) is 30.5. The van der Waals surface area contributed by atoms with Crippen molar-refractivity contribution in [1.82, 2.24) is 0 Å². The van der Waals surface area contributed by atoms with E-state index in [9.17, 15) is 5.11 Å². The predicted molar refractivity (Wildman–Crippen MR) is 192 cm³/mol. The summed E-state index contributed by atoms with van der Waals surface area (Å²) in [5.74, 6) is 2.95. The first-order valence-corrected chi connectivity index (χ1v) is 16.8. The Morgan fingerprint density at radius 2 is 0.686 bits per heavy atom. The maximum absolute atomic E-state index is 12.1. The second-order valence-electron chi connectivity index (χ2n) is 12.1. The Morgan fingerprint density at radius 3 is 0.961 bits per heavy atom. The zero-order valence-electron chi connectivity index (χ0n) is 29.6. The van der Waals surface area contributed by atoms with Gasteiger partial charge in [0.15, 0.2) is 0 Å². The van der Waals surface area contributed by atoms with E-state index in [2.05, 4.69) is 6.58 Å². The van der Waals surface area contributed by atoms with Gasteiger partial charge in [0.25, 0.3) is 0 Å². The molecule has 0 bridgehead atoms. The number of ether oxygens (including phenoxy) is 9. The van der Waals surface area contributed by atoms with Crippen LogP contribution in [-0.2, 0) is 50.1 Å². The van der Waals surface area contributed by atoms with E-state index in [4.69, 9.17) is 42.6 Å². The van der Waals surface area contributed by atoms with Gasteiger partial charge in [-0.05, 0) is 70.8 Å². The zero-order valence-corrected chi connectivity index (χ0v) is 29.6. The highest BCUT2D eigenvalue weighted by Gasteiger charge is 2.54. The molecule has 1 fully saturated rings. The Morgan fingerprint density at radius 1 is 0.431 bits per heavy atom. The third-order valence-corrected chi connectivity index (χ3v) is 8.78. The van der Waals surface area contributed by atoms with Crippen LogP contribution in [0.3, 0.4) is 0 Å². The highest BCUT2D eigenvalue weighted by molar-refractivity contribution is 5.29. The van der Waals surface area contributed by atoms with Gasteiger partial charge in [-0.1, -0.05) is 54.6 Å². The molecule has 1 aliphatic rings. The molecule has 0 aromatic heterocycles. The molecule has 5 rings (SSSR count). The van der Waals surface area contributed by atoms with Gasteiger partial charge in [-0.15, -0.1) is 6.58 Å². The lowest BCUT2D eigenvalue weighted by atomic mass is 9.83. The van der Waals surface area contributed by atoms with Crippen molar-refractivity contribution in [2.24, 2.45) is 0 Å². The number of hydrogen-bond acceptors (Lipinski definition) is 10. The summed E-state index contributed by atoms with van der Waals surface area (Å²) in [6.07, 6.45) is -3.48. The molecule has 1 saturated carbocycles. The highest BCUT2D eigenvalue weighted by Crippen LogP contribution is 2.35. The largest absolute Gasteiger partial charge is 0.497 e. The summed E-state index contributed by atoms with van der Waals surface area (Å²) < 4.78 is 54.3. The fraction of sp³-hybridized carbons (Fsp3) is 0.366. The Hall–Kier alpha value is -4.42. The van der Waals surface area contributed by atoms with Crippen molar-refractivity contribution in [2.75, 3.05) is 35.0 Å². The van der Waals surface area contributed by atoms with Crippen molar-refractivity contribution in [2.45, 2.75) is 63.1 Å². The molecular formula is C41H48O10. The van der Waals surface area contributed by atoms with Gasteiger partial charge in [0.1, 0.15) is 59.6 Å². The van der Waals surface area contributed by atoms with E-state index in [1.165, 1.54) is 0 Å². The van der Waals surface area contributed by atoms with Crippen LogP contribution in [0.15, 0.2) is 110 Å². The second kappa shape index (κ2) is 19.3. The molecule has 4 aromatic carbocycles. The van der Waals surface area contributed by atoms with Crippen LogP contribution in [0.25, 0.3) is 0 Å². The molecule has 0 amide bonds. The van der Waals surface area contributed by atoms with Crippen LogP contribution < -0.4 is 18.9 Å². The van der Waals surface area contributed by atoms with Crippen molar-refractivity contribution >= 4 is 0 Å². The molecule has 10 nitrogen and oxygen atoms in total. The number of methoxy groups -OCH3 is 4. The summed E-state index contributed by atoms with van der Waals surface area (Å²) in [5, 5.41) is 12.1. The Labute approximate surface area is 300 Å². The van der Waals surface area contributed by atoms with Gasteiger partial charge in [0.2, 0.25) is 0 Å². The maximum atomic E-state index is 12.1. The minimum Gasteiger partial charge on any atom is -0.497 e. The Balaban J connectivity index is 1.49. The molecule has 1 N–H and O–H groups in total. The van der Waals surface area contributed by atoms with Gasteiger partial charge in [0.05, 0.1) is 61.5 Å². The summed E-state index contributed by atoms with van der Waals surface area (Å²) in [6.45, 7) is 4.89. The fourth-order valence-electron chi connectivity index (χ4n) is 5.93. The molecule has 0 aliphatic heterocycles. The topological polar surface area (TPSA) is 103 Å². The zero-order chi connectivity index (χ0) is 36.0. The molecule has 0 spiro atoms. The molecule has 272 valence electrons. The van der Waals surface area contributed by atoms with E-state index in [0.717, 1.165) is 45.3 Å². The van der Waals surface area contributed by atoms with Crippen molar-refractivity contribution in [3.8, 4) is 23.0 Å². The average molecular weight is 701 g/mol.